The Bertz CT molecular complexity index is 305. The lowest BCUT2D eigenvalue weighted by Crippen LogP contribution is -2.24. The maximum Gasteiger partial charge on any atom is 0.148 e. The topological polar surface area (TPSA) is 65.9 Å². The minimum Gasteiger partial charge on any atom is -0.543 e. The van der Waals surface area contributed by atoms with E-state index in [4.69, 9.17) is 11.6 Å². The molecule has 0 amide bonds. The van der Waals surface area contributed by atoms with E-state index in [0.717, 1.165) is 0 Å². The summed E-state index contributed by atoms with van der Waals surface area (Å²) >= 11 is 8.25. The first kappa shape index (κ1) is 8.42. The first-order valence-corrected chi connectivity index (χ1v) is 3.67. The number of carboxylic acid groups (broad SMARTS) is 1. The minimum atomic E-state index is -1.41. The van der Waals surface area contributed by atoms with E-state index in [9.17, 15) is 9.90 Å². The van der Waals surface area contributed by atoms with Crippen LogP contribution in [0.5, 0.6) is 0 Å². The predicted octanol–water partition coefficient (Wildman–Crippen LogP) is 0.256. The van der Waals surface area contributed by atoms with Crippen LogP contribution in [-0.4, -0.2) is 15.9 Å². The summed E-state index contributed by atoms with van der Waals surface area (Å²) in [6.07, 6.45) is 1.23. The summed E-state index contributed by atoms with van der Waals surface area (Å²) in [6.45, 7) is 0. The summed E-state index contributed by atoms with van der Waals surface area (Å²) in [5.74, 6) is -1.41. The molecule has 0 radical (unpaired) electrons. The van der Waals surface area contributed by atoms with Gasteiger partial charge >= 0.3 is 0 Å². The van der Waals surface area contributed by atoms with Crippen LogP contribution in [-0.2, 0) is 0 Å². The molecule has 0 aliphatic rings. The van der Waals surface area contributed by atoms with E-state index in [1.165, 1.54) is 6.20 Å². The molecule has 1 heterocycles. The van der Waals surface area contributed by atoms with E-state index in [1.54, 1.807) is 0 Å². The van der Waals surface area contributed by atoms with Crippen LogP contribution in [0.4, 0.5) is 0 Å². The minimum absolute atomic E-state index is 0.0207. The number of carboxylic acids is 1. The van der Waals surface area contributed by atoms with Crippen LogP contribution in [0.15, 0.2) is 10.8 Å². The van der Waals surface area contributed by atoms with Gasteiger partial charge in [0.1, 0.15) is 15.5 Å². The molecule has 0 aliphatic carbocycles. The molecule has 0 atom stereocenters. The highest BCUT2D eigenvalue weighted by atomic mass is 79.9. The lowest BCUT2D eigenvalue weighted by atomic mass is 10.5. The van der Waals surface area contributed by atoms with Crippen LogP contribution < -0.4 is 5.11 Å². The van der Waals surface area contributed by atoms with E-state index in [2.05, 4.69) is 25.9 Å². The summed E-state index contributed by atoms with van der Waals surface area (Å²) in [7, 11) is 0. The number of carbonyl (C=O) groups excluding carboxylic acids is 1. The molecule has 0 unspecified atom stereocenters. The second-order valence-electron chi connectivity index (χ2n) is 1.62. The lowest BCUT2D eigenvalue weighted by Gasteiger charge is -2.02. The van der Waals surface area contributed by atoms with Crippen molar-refractivity contribution in [2.24, 2.45) is 0 Å². The van der Waals surface area contributed by atoms with Gasteiger partial charge in [0, 0.05) is 0 Å². The third-order valence-electron chi connectivity index (χ3n) is 0.892. The van der Waals surface area contributed by atoms with Gasteiger partial charge in [0.2, 0.25) is 0 Å². The quantitative estimate of drug-likeness (QED) is 0.701. The second kappa shape index (κ2) is 3.15. The van der Waals surface area contributed by atoms with Gasteiger partial charge in [-0.15, -0.1) is 0 Å². The molecule has 4 nitrogen and oxygen atoms in total. The predicted molar refractivity (Wildman–Crippen MR) is 39.1 cm³/mol. The van der Waals surface area contributed by atoms with Crippen LogP contribution >= 0.6 is 27.5 Å². The zero-order chi connectivity index (χ0) is 8.43. The molecule has 1 rings (SSSR count). The second-order valence-corrected chi connectivity index (χ2v) is 2.76. The number of halogens is 2. The Morgan fingerprint density at radius 2 is 2.36 bits per heavy atom. The van der Waals surface area contributed by atoms with Crippen LogP contribution in [0.3, 0.4) is 0 Å². The van der Waals surface area contributed by atoms with Crippen molar-refractivity contribution in [3.05, 3.63) is 21.6 Å². The first-order valence-electron chi connectivity index (χ1n) is 2.50. The fourth-order valence-electron chi connectivity index (χ4n) is 0.483. The van der Waals surface area contributed by atoms with E-state index < -0.39 is 5.97 Å². The normalized spacial score (nSPS) is 9.64. The Hall–Kier alpha value is -0.680. The maximum atomic E-state index is 10.3. The molecule has 6 heteroatoms. The number of hydrogen-bond acceptors (Lipinski definition) is 4. The van der Waals surface area contributed by atoms with Crippen molar-refractivity contribution in [2.45, 2.75) is 0 Å². The highest BCUT2D eigenvalue weighted by Crippen LogP contribution is 2.12. The average Bonchev–Trinajstić information content (AvgIpc) is 1.94. The number of aromatic nitrogens is 2. The maximum absolute atomic E-state index is 10.3. The van der Waals surface area contributed by atoms with Crippen molar-refractivity contribution in [3.8, 4) is 0 Å². The fraction of sp³-hybridized carbons (Fsp3) is 0. The molecule has 1 aromatic heterocycles. The van der Waals surface area contributed by atoms with Crippen molar-refractivity contribution in [2.75, 3.05) is 0 Å². The molecule has 0 saturated carbocycles. The average molecular weight is 236 g/mol. The van der Waals surface area contributed by atoms with Crippen LogP contribution in [0, 0.1) is 0 Å². The lowest BCUT2D eigenvalue weighted by molar-refractivity contribution is -0.255. The standard InChI is InChI=1S/C5H2BrClN2O2/c6-4-3(5(10)11)9-2(7)1-8-4/h1H,(H,10,11)/p-1. The molecule has 0 N–H and O–H groups in total. The zero-order valence-corrected chi connectivity index (χ0v) is 7.39. The van der Waals surface area contributed by atoms with E-state index in [-0.39, 0.29) is 15.5 Å². The van der Waals surface area contributed by atoms with Gasteiger partial charge in [0.05, 0.1) is 12.2 Å². The highest BCUT2D eigenvalue weighted by Gasteiger charge is 2.03. The van der Waals surface area contributed by atoms with E-state index in [0.29, 0.717) is 0 Å². The van der Waals surface area contributed by atoms with E-state index in [1.807, 2.05) is 0 Å². The van der Waals surface area contributed by atoms with Crippen LogP contribution in [0.1, 0.15) is 10.5 Å². The summed E-state index contributed by atoms with van der Waals surface area (Å²) in [5, 5.41) is 10.3. The van der Waals surface area contributed by atoms with Gasteiger partial charge in [-0.2, -0.15) is 0 Å². The smallest absolute Gasteiger partial charge is 0.148 e. The number of rotatable bonds is 1. The third kappa shape index (κ3) is 1.87. The Morgan fingerprint density at radius 3 is 2.82 bits per heavy atom. The molecule has 58 valence electrons. The monoisotopic (exact) mass is 235 g/mol. The molecule has 0 fully saturated rings. The first-order chi connectivity index (χ1) is 5.11. The van der Waals surface area contributed by atoms with Gasteiger partial charge in [0.15, 0.2) is 0 Å². The van der Waals surface area contributed by atoms with Crippen molar-refractivity contribution in [3.63, 3.8) is 0 Å². The Balaban J connectivity index is 3.23. The molecule has 0 saturated heterocycles. The summed E-state index contributed by atoms with van der Waals surface area (Å²) < 4.78 is 0.113. The zero-order valence-electron chi connectivity index (χ0n) is 5.04. The summed E-state index contributed by atoms with van der Waals surface area (Å²) in [4.78, 5) is 17.3. The van der Waals surface area contributed by atoms with Gasteiger partial charge in [-0.3, -0.25) is 0 Å². The van der Waals surface area contributed by atoms with Gasteiger partial charge in [-0.25, -0.2) is 9.97 Å². The molecule has 0 spiro atoms. The number of aromatic carboxylic acids is 1. The summed E-state index contributed by atoms with van der Waals surface area (Å²) in [6, 6.07) is 0. The third-order valence-corrected chi connectivity index (χ3v) is 1.65. The molecular weight excluding hydrogens is 235 g/mol. The fourth-order valence-corrected chi connectivity index (χ4v) is 0.969. The SMILES string of the molecule is O=C([O-])c1nc(Cl)cnc1Br. The molecule has 0 aliphatic heterocycles. The van der Waals surface area contributed by atoms with Crippen molar-refractivity contribution in [1.82, 2.24) is 9.97 Å². The Morgan fingerprint density at radius 1 is 1.73 bits per heavy atom. The van der Waals surface area contributed by atoms with Crippen molar-refractivity contribution in [1.29, 1.82) is 0 Å². The molecule has 11 heavy (non-hydrogen) atoms. The van der Waals surface area contributed by atoms with Gasteiger partial charge < -0.3 is 9.90 Å². The molecule has 1 aromatic rings. The van der Waals surface area contributed by atoms with Gasteiger partial charge in [0.25, 0.3) is 0 Å². The molecule has 0 aromatic carbocycles. The number of nitrogens with zero attached hydrogens (tertiary/aromatic N) is 2. The van der Waals surface area contributed by atoms with Crippen LogP contribution in [0.25, 0.3) is 0 Å². The highest BCUT2D eigenvalue weighted by molar-refractivity contribution is 9.10. The Kier molecular flexibility index (Phi) is 2.41. The van der Waals surface area contributed by atoms with E-state index >= 15 is 0 Å². The largest absolute Gasteiger partial charge is 0.543 e. The van der Waals surface area contributed by atoms with Crippen molar-refractivity contribution >= 4 is 33.5 Å². The van der Waals surface area contributed by atoms with Crippen LogP contribution in [0.2, 0.25) is 5.15 Å². The number of carbonyl (C=O) groups is 1. The number of hydrogen-bond donors (Lipinski definition) is 0. The van der Waals surface area contributed by atoms with Gasteiger partial charge in [-0.05, 0) is 15.9 Å². The molecular formula is C5HBrClN2O2-. The Labute approximate surface area is 75.4 Å². The summed E-state index contributed by atoms with van der Waals surface area (Å²) in [5.41, 5.74) is -0.294. The molecule has 0 bridgehead atoms. The van der Waals surface area contributed by atoms with Crippen molar-refractivity contribution < 1.29 is 9.90 Å². The van der Waals surface area contributed by atoms with Gasteiger partial charge in [-0.1, -0.05) is 11.6 Å².